The van der Waals surface area contributed by atoms with E-state index in [2.05, 4.69) is 94.3 Å². The van der Waals surface area contributed by atoms with Gasteiger partial charge < -0.3 is 21.3 Å². The molecule has 4 heteroatoms. The molecule has 3 rings (SSSR count). The van der Waals surface area contributed by atoms with Crippen LogP contribution < -0.4 is 16.4 Å². The van der Waals surface area contributed by atoms with Crippen molar-refractivity contribution in [3.63, 3.8) is 0 Å². The van der Waals surface area contributed by atoms with Gasteiger partial charge in [0.05, 0.1) is 6.04 Å². The maximum absolute atomic E-state index is 6.26. The highest BCUT2D eigenvalue weighted by Crippen LogP contribution is 2.45. The third-order valence-electron chi connectivity index (χ3n) is 8.93. The van der Waals surface area contributed by atoms with E-state index in [-0.39, 0.29) is 11.5 Å². The Hall–Kier alpha value is -2.72. The van der Waals surface area contributed by atoms with Gasteiger partial charge in [0, 0.05) is 53.9 Å². The zero-order valence-electron chi connectivity index (χ0n) is 26.0. The molecule has 0 radical (unpaired) electrons. The Morgan fingerprint density at radius 3 is 2.58 bits per heavy atom. The minimum Gasteiger partial charge on any atom is -0.387 e. The SMILES string of the molecule is C=CCCc1ccc(CC2CCCC(C)C2)c(NC(=C)CCNC(=C)C(CN)N2C(=C)CC(C(C)(C)C)C2=C)c1. The lowest BCUT2D eigenvalue weighted by Crippen LogP contribution is -2.42. The van der Waals surface area contributed by atoms with Crippen LogP contribution in [0.2, 0.25) is 0 Å². The second-order valence-electron chi connectivity index (χ2n) is 13.4. The van der Waals surface area contributed by atoms with Crippen molar-refractivity contribution in [3.05, 3.63) is 91.1 Å². The van der Waals surface area contributed by atoms with Crippen LogP contribution in [0.25, 0.3) is 0 Å². The number of nitrogens with zero attached hydrogens (tertiary/aromatic N) is 1. The lowest BCUT2D eigenvalue weighted by Gasteiger charge is -2.35. The maximum atomic E-state index is 6.26. The monoisotopic (exact) mass is 544 g/mol. The number of nitrogens with two attached hydrogens (primary N) is 1. The molecule has 4 atom stereocenters. The number of hydrogen-bond donors (Lipinski definition) is 3. The molecule has 1 saturated heterocycles. The zero-order valence-corrected chi connectivity index (χ0v) is 26.0. The van der Waals surface area contributed by atoms with E-state index < -0.39 is 0 Å². The maximum Gasteiger partial charge on any atom is 0.0846 e. The van der Waals surface area contributed by atoms with Gasteiger partial charge in [-0.1, -0.05) is 91.5 Å². The van der Waals surface area contributed by atoms with Crippen LogP contribution in [-0.2, 0) is 12.8 Å². The topological polar surface area (TPSA) is 53.3 Å². The van der Waals surface area contributed by atoms with Crippen LogP contribution in [0.3, 0.4) is 0 Å². The van der Waals surface area contributed by atoms with Crippen molar-refractivity contribution >= 4 is 5.69 Å². The Morgan fingerprint density at radius 1 is 1.20 bits per heavy atom. The second kappa shape index (κ2) is 14.3. The first kappa shape index (κ1) is 31.8. The molecular weight excluding hydrogens is 488 g/mol. The first-order valence-corrected chi connectivity index (χ1v) is 15.4. The smallest absolute Gasteiger partial charge is 0.0846 e. The summed E-state index contributed by atoms with van der Waals surface area (Å²) in [4.78, 5) is 2.21. The molecule has 220 valence electrons. The molecule has 4 unspecified atom stereocenters. The van der Waals surface area contributed by atoms with Crippen molar-refractivity contribution in [1.29, 1.82) is 0 Å². The molecule has 40 heavy (non-hydrogen) atoms. The summed E-state index contributed by atoms with van der Waals surface area (Å²) >= 11 is 0. The summed E-state index contributed by atoms with van der Waals surface area (Å²) in [5.74, 6) is 1.96. The number of anilines is 1. The molecule has 0 aromatic heterocycles. The van der Waals surface area contributed by atoms with Crippen molar-refractivity contribution in [1.82, 2.24) is 10.2 Å². The predicted octanol–water partition coefficient (Wildman–Crippen LogP) is 8.32. The number of rotatable bonds is 14. The highest BCUT2D eigenvalue weighted by molar-refractivity contribution is 5.57. The summed E-state index contributed by atoms with van der Waals surface area (Å²) in [5.41, 5.74) is 14.4. The lowest BCUT2D eigenvalue weighted by atomic mass is 9.78. The molecule has 1 aliphatic heterocycles. The fraction of sp³-hybridized carbons (Fsp3) is 0.556. The van der Waals surface area contributed by atoms with Crippen LogP contribution in [0.4, 0.5) is 5.69 Å². The standard InChI is InChI=1S/C36H56N4/c1-10-11-14-30-16-17-32(22-31-15-12-13-25(2)20-31)34(23-30)39-26(3)18-19-38-28(5)35(24-37)40-27(4)21-33(29(40)6)36(7,8)9/h10,16-17,23,25,31,33,35,38-39H,1,3-6,11-15,18-22,24,37H2,2,7-9H3. The van der Waals surface area contributed by atoms with Crippen molar-refractivity contribution in [2.75, 3.05) is 18.4 Å². The molecule has 0 amide bonds. The van der Waals surface area contributed by atoms with E-state index in [9.17, 15) is 0 Å². The first-order valence-electron chi connectivity index (χ1n) is 15.4. The lowest BCUT2D eigenvalue weighted by molar-refractivity contribution is 0.268. The fourth-order valence-electron chi connectivity index (χ4n) is 6.60. The molecule has 2 fully saturated rings. The van der Waals surface area contributed by atoms with E-state index in [1.54, 1.807) is 0 Å². The number of likely N-dealkylation sites (tertiary alicyclic amines) is 1. The van der Waals surface area contributed by atoms with Gasteiger partial charge in [0.25, 0.3) is 0 Å². The van der Waals surface area contributed by atoms with Gasteiger partial charge in [-0.3, -0.25) is 0 Å². The Labute approximate surface area is 245 Å². The molecule has 0 spiro atoms. The van der Waals surface area contributed by atoms with Crippen LogP contribution in [0, 0.1) is 23.2 Å². The summed E-state index contributed by atoms with van der Waals surface area (Å²) in [5, 5.41) is 7.22. The molecule has 1 saturated carbocycles. The van der Waals surface area contributed by atoms with Crippen LogP contribution in [-0.4, -0.2) is 24.0 Å². The molecule has 1 aromatic carbocycles. The molecule has 0 bridgehead atoms. The minimum absolute atomic E-state index is 0.0559. The highest BCUT2D eigenvalue weighted by atomic mass is 15.2. The van der Waals surface area contributed by atoms with E-state index in [4.69, 9.17) is 5.73 Å². The van der Waals surface area contributed by atoms with Gasteiger partial charge >= 0.3 is 0 Å². The van der Waals surface area contributed by atoms with E-state index in [1.807, 2.05) is 6.08 Å². The molecule has 1 aromatic rings. The van der Waals surface area contributed by atoms with Gasteiger partial charge in [-0.2, -0.15) is 0 Å². The van der Waals surface area contributed by atoms with Gasteiger partial charge in [0.2, 0.25) is 0 Å². The molecule has 1 heterocycles. The quantitative estimate of drug-likeness (QED) is 0.206. The summed E-state index contributed by atoms with van der Waals surface area (Å²) in [6.45, 7) is 31.8. The summed E-state index contributed by atoms with van der Waals surface area (Å²) in [7, 11) is 0. The van der Waals surface area contributed by atoms with Crippen molar-refractivity contribution in [3.8, 4) is 0 Å². The summed E-state index contributed by atoms with van der Waals surface area (Å²) < 4.78 is 0. The van der Waals surface area contributed by atoms with Crippen molar-refractivity contribution in [2.45, 2.75) is 91.5 Å². The van der Waals surface area contributed by atoms with Gasteiger partial charge in [0.1, 0.15) is 0 Å². The van der Waals surface area contributed by atoms with E-state index in [0.29, 0.717) is 12.5 Å². The Morgan fingerprint density at radius 2 is 1.95 bits per heavy atom. The predicted molar refractivity (Wildman–Crippen MR) is 175 cm³/mol. The normalized spacial score (nSPS) is 22.2. The Balaban J connectivity index is 1.60. The first-order chi connectivity index (χ1) is 18.9. The largest absolute Gasteiger partial charge is 0.387 e. The third-order valence-corrected chi connectivity index (χ3v) is 8.93. The van der Waals surface area contributed by atoms with Gasteiger partial charge in [0.15, 0.2) is 0 Å². The Kier molecular flexibility index (Phi) is 11.3. The van der Waals surface area contributed by atoms with Crippen molar-refractivity contribution in [2.24, 2.45) is 28.9 Å². The third kappa shape index (κ3) is 8.39. The average molecular weight is 545 g/mol. The number of nitrogens with one attached hydrogen (secondary N) is 2. The second-order valence-corrected chi connectivity index (χ2v) is 13.4. The van der Waals surface area contributed by atoms with Crippen molar-refractivity contribution < 1.29 is 0 Å². The molecule has 4 nitrogen and oxygen atoms in total. The average Bonchev–Trinajstić information content (AvgIpc) is 3.19. The highest BCUT2D eigenvalue weighted by Gasteiger charge is 2.40. The molecule has 4 N–H and O–H groups in total. The van der Waals surface area contributed by atoms with Crippen LogP contribution in [0.15, 0.2) is 80.0 Å². The Bertz CT molecular complexity index is 1070. The van der Waals surface area contributed by atoms with Crippen LogP contribution in [0.5, 0.6) is 0 Å². The molecule has 2 aliphatic rings. The van der Waals surface area contributed by atoms with Crippen LogP contribution >= 0.6 is 0 Å². The van der Waals surface area contributed by atoms with Gasteiger partial charge in [-0.15, -0.1) is 6.58 Å². The van der Waals surface area contributed by atoms with Gasteiger partial charge in [-0.25, -0.2) is 0 Å². The number of benzene rings is 1. The molecule has 1 aliphatic carbocycles. The number of aryl methyl sites for hydroxylation is 1. The molecular formula is C36H56N4. The van der Waals surface area contributed by atoms with Gasteiger partial charge in [-0.05, 0) is 66.5 Å². The zero-order chi connectivity index (χ0) is 29.4. The summed E-state index contributed by atoms with van der Waals surface area (Å²) in [6.07, 6.45) is 12.2. The minimum atomic E-state index is -0.0559. The number of hydrogen-bond acceptors (Lipinski definition) is 4. The van der Waals surface area contributed by atoms with E-state index in [0.717, 1.165) is 73.3 Å². The van der Waals surface area contributed by atoms with E-state index in [1.165, 1.54) is 42.5 Å². The number of allylic oxidation sites excluding steroid dienone is 3. The summed E-state index contributed by atoms with van der Waals surface area (Å²) in [6, 6.07) is 6.89. The fourth-order valence-corrected chi connectivity index (χ4v) is 6.60. The van der Waals surface area contributed by atoms with E-state index >= 15 is 0 Å². The van der Waals surface area contributed by atoms with Crippen LogP contribution in [0.1, 0.15) is 83.8 Å².